The van der Waals surface area contributed by atoms with Crippen molar-refractivity contribution in [2.45, 2.75) is 50.9 Å². The highest BCUT2D eigenvalue weighted by Crippen LogP contribution is 2.56. The number of carbonyl (C=O) groups excluding carboxylic acids is 3. The number of Topliss-reactive ketones (excluding diaryl/α,β-unsaturated/α-hetero) is 3. The van der Waals surface area contributed by atoms with E-state index in [1.807, 2.05) is 0 Å². The number of carbonyl (C=O) groups is 3. The number of hydrogen-bond donors (Lipinski definition) is 6. The molecular weight excluding hydrogens is 472 g/mol. The number of aliphatic hydroxyl groups excluding tert-OH is 2. The number of ketones is 3. The van der Waals surface area contributed by atoms with Crippen molar-refractivity contribution in [2.24, 2.45) is 0 Å². The van der Waals surface area contributed by atoms with Gasteiger partial charge in [0.2, 0.25) is 11.4 Å². The molecule has 2 aromatic carbocycles. The lowest BCUT2D eigenvalue weighted by Gasteiger charge is -2.50. The first-order chi connectivity index (χ1) is 16.7. The summed E-state index contributed by atoms with van der Waals surface area (Å²) in [5.41, 5.74) is -7.06. The first-order valence-corrected chi connectivity index (χ1v) is 11.1. The highest BCUT2D eigenvalue weighted by Gasteiger charge is 2.70. The average Bonchev–Trinajstić information content (AvgIpc) is 2.79. The van der Waals surface area contributed by atoms with Crippen molar-refractivity contribution in [1.82, 2.24) is 0 Å². The van der Waals surface area contributed by atoms with E-state index in [1.54, 1.807) is 19.9 Å². The van der Waals surface area contributed by atoms with Crippen LogP contribution in [0.4, 0.5) is 0 Å². The molecule has 0 saturated carbocycles. The molecule has 10 heteroatoms. The second-order valence-electron chi connectivity index (χ2n) is 9.42. The van der Waals surface area contributed by atoms with Crippen LogP contribution in [0.5, 0.6) is 17.2 Å². The number of aliphatic hydroxyl groups is 4. The Balaban J connectivity index is 2.21. The van der Waals surface area contributed by atoms with E-state index in [0.717, 1.165) is 12.5 Å². The number of phenolic OH excluding ortho intramolecular Hbond substituents is 2. The third-order valence-corrected chi connectivity index (χ3v) is 6.98. The summed E-state index contributed by atoms with van der Waals surface area (Å²) in [7, 11) is 1.35. The van der Waals surface area contributed by atoms with E-state index in [2.05, 4.69) is 0 Å². The van der Waals surface area contributed by atoms with Gasteiger partial charge in [-0.2, -0.15) is 0 Å². The molecule has 2 aliphatic carbocycles. The van der Waals surface area contributed by atoms with Gasteiger partial charge in [-0.15, -0.1) is 0 Å². The molecule has 0 saturated heterocycles. The van der Waals surface area contributed by atoms with Crippen LogP contribution in [0.15, 0.2) is 35.1 Å². The molecule has 4 rings (SSSR count). The summed E-state index contributed by atoms with van der Waals surface area (Å²) in [5.74, 6) is -5.98. The molecule has 0 bridgehead atoms. The molecule has 0 heterocycles. The number of fused-ring (bicyclic) bond motifs is 3. The fraction of sp³-hybridized carbons (Fsp3) is 0.346. The van der Waals surface area contributed by atoms with Gasteiger partial charge in [0.1, 0.15) is 40.3 Å². The lowest BCUT2D eigenvalue weighted by molar-refractivity contribution is -0.193. The molecule has 0 aliphatic heterocycles. The van der Waals surface area contributed by atoms with E-state index in [4.69, 9.17) is 4.74 Å². The molecule has 36 heavy (non-hydrogen) atoms. The second kappa shape index (κ2) is 8.16. The van der Waals surface area contributed by atoms with Gasteiger partial charge >= 0.3 is 0 Å². The van der Waals surface area contributed by atoms with Crippen molar-refractivity contribution >= 4 is 28.1 Å². The SMILES string of the molecule is COc1cc(O)c2c(O)c3c(c(CC=C(C)C)c2c1)[C@H](O)[C@@]1(O)CC(=O)C(C(C)=O)=C(O)[C@@]1(O)C3=O. The van der Waals surface area contributed by atoms with Crippen LogP contribution in [0, 0.1) is 0 Å². The van der Waals surface area contributed by atoms with E-state index in [0.29, 0.717) is 0 Å². The van der Waals surface area contributed by atoms with Crippen molar-refractivity contribution in [3.63, 3.8) is 0 Å². The molecule has 0 unspecified atom stereocenters. The van der Waals surface area contributed by atoms with Gasteiger partial charge in [0.15, 0.2) is 11.6 Å². The fourth-order valence-electron chi connectivity index (χ4n) is 5.17. The Morgan fingerprint density at radius 3 is 2.33 bits per heavy atom. The number of phenols is 2. The number of hydrogen-bond acceptors (Lipinski definition) is 10. The zero-order valence-electron chi connectivity index (χ0n) is 20.0. The van der Waals surface area contributed by atoms with Crippen molar-refractivity contribution in [3.8, 4) is 17.2 Å². The van der Waals surface area contributed by atoms with Gasteiger partial charge in [-0.05, 0) is 44.2 Å². The maximum atomic E-state index is 13.8. The third kappa shape index (κ3) is 3.11. The van der Waals surface area contributed by atoms with Crippen LogP contribution in [0.2, 0.25) is 0 Å². The van der Waals surface area contributed by atoms with E-state index in [9.17, 15) is 45.0 Å². The van der Waals surface area contributed by atoms with Crippen molar-refractivity contribution < 1.29 is 49.8 Å². The Bertz CT molecular complexity index is 1430. The van der Waals surface area contributed by atoms with Gasteiger partial charge in [-0.25, -0.2) is 0 Å². The molecule has 0 radical (unpaired) electrons. The smallest absolute Gasteiger partial charge is 0.217 e. The Kier molecular flexibility index (Phi) is 5.75. The van der Waals surface area contributed by atoms with E-state index in [1.165, 1.54) is 19.2 Å². The molecule has 2 aromatic rings. The van der Waals surface area contributed by atoms with Crippen LogP contribution in [0.3, 0.4) is 0 Å². The summed E-state index contributed by atoms with van der Waals surface area (Å²) < 4.78 is 5.21. The summed E-state index contributed by atoms with van der Waals surface area (Å²) in [4.78, 5) is 38.5. The number of benzene rings is 2. The predicted octanol–water partition coefficient (Wildman–Crippen LogP) is 1.83. The number of methoxy groups -OCH3 is 1. The topological polar surface area (TPSA) is 182 Å². The Hall–Kier alpha value is -3.73. The molecule has 0 fully saturated rings. The minimum atomic E-state index is -3.32. The second-order valence-corrected chi connectivity index (χ2v) is 9.42. The molecule has 10 nitrogen and oxygen atoms in total. The van der Waals surface area contributed by atoms with Gasteiger partial charge in [-0.3, -0.25) is 14.4 Å². The zero-order valence-corrected chi connectivity index (χ0v) is 20.0. The van der Waals surface area contributed by atoms with E-state index >= 15 is 0 Å². The van der Waals surface area contributed by atoms with Crippen LogP contribution >= 0.6 is 0 Å². The lowest BCUT2D eigenvalue weighted by atomic mass is 9.59. The number of ether oxygens (including phenoxy) is 1. The summed E-state index contributed by atoms with van der Waals surface area (Å²) >= 11 is 0. The average molecular weight is 498 g/mol. The van der Waals surface area contributed by atoms with Gasteiger partial charge in [0, 0.05) is 18.1 Å². The Morgan fingerprint density at radius 2 is 1.78 bits per heavy atom. The fourth-order valence-corrected chi connectivity index (χ4v) is 5.17. The minimum Gasteiger partial charge on any atom is -0.508 e. The standard InChI is InChI=1S/C26H26O10/c1-10(2)5-6-13-14-7-12(36-4)8-15(28)18(14)21(30)20-19(13)22(31)25(34)9-16(29)17(11(3)27)23(32)26(25,35)24(20)33/h5,7-8,22,28,30-32,34-35H,6,9H2,1-4H3/t22-,25-,26+/m0/s1. The van der Waals surface area contributed by atoms with Crippen molar-refractivity contribution in [2.75, 3.05) is 7.11 Å². The molecule has 190 valence electrons. The quantitative estimate of drug-likeness (QED) is 0.269. The third-order valence-electron chi connectivity index (χ3n) is 6.98. The number of rotatable bonds is 4. The van der Waals surface area contributed by atoms with Crippen LogP contribution in [0.1, 0.15) is 54.8 Å². The maximum absolute atomic E-state index is 13.8. The van der Waals surface area contributed by atoms with Crippen LogP contribution < -0.4 is 4.74 Å². The van der Waals surface area contributed by atoms with E-state index < -0.39 is 69.5 Å². The minimum absolute atomic E-state index is 0.0569. The first kappa shape index (κ1) is 25.4. The normalized spacial score (nSPS) is 25.5. The van der Waals surface area contributed by atoms with Crippen molar-refractivity contribution in [1.29, 1.82) is 0 Å². The molecule has 6 N–H and O–H groups in total. The highest BCUT2D eigenvalue weighted by atomic mass is 16.5. The summed E-state index contributed by atoms with van der Waals surface area (Å²) in [5, 5.41) is 66.9. The highest BCUT2D eigenvalue weighted by molar-refractivity contribution is 6.24. The monoisotopic (exact) mass is 498 g/mol. The molecular formula is C26H26O10. The summed E-state index contributed by atoms with van der Waals surface area (Å²) in [6.45, 7) is 4.53. The first-order valence-electron chi connectivity index (χ1n) is 11.1. The summed E-state index contributed by atoms with van der Waals surface area (Å²) in [6.07, 6.45) is -1.43. The zero-order chi connectivity index (χ0) is 26.9. The Labute approximate surface area is 205 Å². The van der Waals surface area contributed by atoms with Crippen LogP contribution in [0.25, 0.3) is 10.8 Å². The van der Waals surface area contributed by atoms with E-state index in [-0.39, 0.29) is 34.1 Å². The predicted molar refractivity (Wildman–Crippen MR) is 126 cm³/mol. The largest absolute Gasteiger partial charge is 0.508 e. The van der Waals surface area contributed by atoms with Gasteiger partial charge in [0.25, 0.3) is 0 Å². The number of allylic oxidation sites excluding steroid dienone is 3. The van der Waals surface area contributed by atoms with Gasteiger partial charge in [0.05, 0.1) is 18.1 Å². The maximum Gasteiger partial charge on any atom is 0.217 e. The van der Waals surface area contributed by atoms with Crippen molar-refractivity contribution in [3.05, 3.63) is 51.8 Å². The van der Waals surface area contributed by atoms with Gasteiger partial charge in [-0.1, -0.05) is 11.6 Å². The van der Waals surface area contributed by atoms with Crippen LogP contribution in [-0.2, 0) is 16.0 Å². The molecule has 3 atom stereocenters. The van der Waals surface area contributed by atoms with Crippen LogP contribution in [-0.4, -0.2) is 66.3 Å². The molecule has 2 aliphatic rings. The van der Waals surface area contributed by atoms with Gasteiger partial charge < -0.3 is 35.4 Å². The number of aromatic hydroxyl groups is 2. The molecule has 0 aromatic heterocycles. The summed E-state index contributed by atoms with van der Waals surface area (Å²) in [6, 6.07) is 2.65. The lowest BCUT2D eigenvalue weighted by Crippen LogP contribution is -2.69. The molecule has 0 spiro atoms. The Morgan fingerprint density at radius 1 is 1.14 bits per heavy atom. The molecule has 0 amide bonds.